The second-order valence-electron chi connectivity index (χ2n) is 6.53. The van der Waals surface area contributed by atoms with Crippen molar-refractivity contribution in [3.63, 3.8) is 0 Å². The molecule has 0 unspecified atom stereocenters. The Morgan fingerprint density at radius 3 is 2.74 bits per heavy atom. The summed E-state index contributed by atoms with van der Waals surface area (Å²) in [7, 11) is 0. The highest BCUT2D eigenvalue weighted by atomic mass is 79.9. The van der Waals surface area contributed by atoms with E-state index in [9.17, 15) is 4.79 Å². The number of nitrogens with zero attached hydrogens (tertiary/aromatic N) is 2. The first-order chi connectivity index (χ1) is 12.9. The van der Waals surface area contributed by atoms with E-state index in [0.29, 0.717) is 17.6 Å². The van der Waals surface area contributed by atoms with Gasteiger partial charge in [-0.2, -0.15) is 4.98 Å². The molecule has 0 aliphatic heterocycles. The van der Waals surface area contributed by atoms with Crippen molar-refractivity contribution in [2.45, 2.75) is 33.2 Å². The Labute approximate surface area is 166 Å². The molecule has 0 aliphatic rings. The molecule has 2 aromatic carbocycles. The molecule has 7 heteroatoms. The lowest BCUT2D eigenvalue weighted by Gasteiger charge is -2.16. The lowest BCUT2D eigenvalue weighted by Crippen LogP contribution is -2.29. The van der Waals surface area contributed by atoms with Crippen molar-refractivity contribution < 1.29 is 9.32 Å². The van der Waals surface area contributed by atoms with E-state index < -0.39 is 0 Å². The van der Waals surface area contributed by atoms with E-state index >= 15 is 0 Å². The van der Waals surface area contributed by atoms with Crippen LogP contribution in [0.4, 0.5) is 10.5 Å². The molecular formula is C20H21BrN4O2. The number of halogens is 1. The fourth-order valence-electron chi connectivity index (χ4n) is 2.72. The van der Waals surface area contributed by atoms with Crippen LogP contribution in [0.15, 0.2) is 51.5 Å². The van der Waals surface area contributed by atoms with Crippen LogP contribution in [0, 0.1) is 6.92 Å². The molecule has 2 amide bonds. The van der Waals surface area contributed by atoms with Gasteiger partial charge in [0.1, 0.15) is 0 Å². The molecule has 3 aromatic rings. The number of hydrogen-bond acceptors (Lipinski definition) is 4. The number of rotatable bonds is 5. The van der Waals surface area contributed by atoms with Crippen LogP contribution in [0.25, 0.3) is 11.5 Å². The van der Waals surface area contributed by atoms with E-state index in [1.165, 1.54) is 0 Å². The Bertz CT molecular complexity index is 953. The van der Waals surface area contributed by atoms with Gasteiger partial charge in [0.25, 0.3) is 5.89 Å². The zero-order valence-electron chi connectivity index (χ0n) is 15.4. The van der Waals surface area contributed by atoms with Crippen LogP contribution < -0.4 is 10.6 Å². The lowest BCUT2D eigenvalue weighted by atomic mass is 9.98. The fourth-order valence-corrected chi connectivity index (χ4v) is 3.12. The second kappa shape index (κ2) is 8.35. The van der Waals surface area contributed by atoms with E-state index in [1.54, 1.807) is 0 Å². The molecule has 1 aromatic heterocycles. The average Bonchev–Trinajstić information content (AvgIpc) is 3.10. The lowest BCUT2D eigenvalue weighted by molar-refractivity contribution is 0.251. The standard InChI is InChI=1S/C20H21BrN4O2/c1-12(2)16-9-4-6-13(3)18(16)24-20(26)22-11-17-23-19(27-25-17)14-7-5-8-15(21)10-14/h4-10,12H,11H2,1-3H3,(H2,22,24,26). The van der Waals surface area contributed by atoms with E-state index in [0.717, 1.165) is 26.9 Å². The van der Waals surface area contributed by atoms with Gasteiger partial charge in [-0.05, 0) is 42.2 Å². The van der Waals surface area contributed by atoms with Gasteiger partial charge >= 0.3 is 6.03 Å². The Morgan fingerprint density at radius 2 is 2.00 bits per heavy atom. The quantitative estimate of drug-likeness (QED) is 0.581. The summed E-state index contributed by atoms with van der Waals surface area (Å²) in [5.41, 5.74) is 3.77. The highest BCUT2D eigenvalue weighted by Gasteiger charge is 2.13. The van der Waals surface area contributed by atoms with E-state index in [4.69, 9.17) is 4.52 Å². The first-order valence-electron chi connectivity index (χ1n) is 8.67. The topological polar surface area (TPSA) is 80.0 Å². The average molecular weight is 429 g/mol. The van der Waals surface area contributed by atoms with Gasteiger partial charge in [-0.15, -0.1) is 0 Å². The maximum absolute atomic E-state index is 12.3. The second-order valence-corrected chi connectivity index (χ2v) is 7.44. The predicted molar refractivity (Wildman–Crippen MR) is 109 cm³/mol. The summed E-state index contributed by atoms with van der Waals surface area (Å²) in [6.07, 6.45) is 0. The van der Waals surface area contributed by atoms with Gasteiger partial charge < -0.3 is 15.2 Å². The summed E-state index contributed by atoms with van der Waals surface area (Å²) >= 11 is 3.41. The number of hydrogen-bond donors (Lipinski definition) is 2. The van der Waals surface area contributed by atoms with Crippen LogP contribution in [0.1, 0.15) is 36.7 Å². The van der Waals surface area contributed by atoms with Gasteiger partial charge in [0.2, 0.25) is 0 Å². The maximum Gasteiger partial charge on any atom is 0.319 e. The summed E-state index contributed by atoms with van der Waals surface area (Å²) < 4.78 is 6.20. The Morgan fingerprint density at radius 1 is 1.22 bits per heavy atom. The molecule has 0 bridgehead atoms. The number of para-hydroxylation sites is 1. The normalized spacial score (nSPS) is 10.9. The van der Waals surface area contributed by atoms with Gasteiger partial charge in [0, 0.05) is 15.7 Å². The molecule has 0 aliphatic carbocycles. The van der Waals surface area contributed by atoms with Crippen LogP contribution in [0.3, 0.4) is 0 Å². The molecule has 2 N–H and O–H groups in total. The van der Waals surface area contributed by atoms with Crippen molar-refractivity contribution in [2.24, 2.45) is 0 Å². The largest absolute Gasteiger partial charge is 0.334 e. The minimum absolute atomic E-state index is 0.173. The monoisotopic (exact) mass is 428 g/mol. The van der Waals surface area contributed by atoms with Crippen LogP contribution in [0.2, 0.25) is 0 Å². The maximum atomic E-state index is 12.3. The molecular weight excluding hydrogens is 408 g/mol. The third kappa shape index (κ3) is 4.74. The number of amides is 2. The van der Waals surface area contributed by atoms with Gasteiger partial charge in [0.05, 0.1) is 6.54 Å². The van der Waals surface area contributed by atoms with Gasteiger partial charge in [-0.25, -0.2) is 4.79 Å². The zero-order chi connectivity index (χ0) is 19.4. The molecule has 3 rings (SSSR count). The first-order valence-corrected chi connectivity index (χ1v) is 9.46. The first kappa shape index (κ1) is 19.1. The van der Waals surface area contributed by atoms with E-state index in [1.807, 2.05) is 49.4 Å². The number of carbonyl (C=O) groups is 1. The highest BCUT2D eigenvalue weighted by molar-refractivity contribution is 9.10. The number of anilines is 1. The van der Waals surface area contributed by atoms with Crippen LogP contribution in [-0.2, 0) is 6.54 Å². The Balaban J connectivity index is 1.64. The fraction of sp³-hybridized carbons (Fsp3) is 0.250. The number of benzene rings is 2. The van der Waals surface area contributed by atoms with Crippen molar-refractivity contribution in [3.8, 4) is 11.5 Å². The minimum Gasteiger partial charge on any atom is -0.334 e. The van der Waals surface area contributed by atoms with Crippen molar-refractivity contribution in [1.29, 1.82) is 0 Å². The molecule has 0 radical (unpaired) electrons. The SMILES string of the molecule is Cc1cccc(C(C)C)c1NC(=O)NCc1noc(-c2cccc(Br)c2)n1. The molecule has 6 nitrogen and oxygen atoms in total. The summed E-state index contributed by atoms with van der Waals surface area (Å²) in [5.74, 6) is 1.13. The number of aromatic nitrogens is 2. The number of nitrogens with one attached hydrogen (secondary N) is 2. The number of urea groups is 1. The molecule has 0 saturated carbocycles. The summed E-state index contributed by atoms with van der Waals surface area (Å²) in [5, 5.41) is 9.63. The molecule has 1 heterocycles. The Kier molecular flexibility index (Phi) is 5.91. The number of carbonyl (C=O) groups excluding carboxylic acids is 1. The molecule has 0 saturated heterocycles. The predicted octanol–water partition coefficient (Wildman–Crippen LogP) is 5.25. The summed E-state index contributed by atoms with van der Waals surface area (Å²) in [6.45, 7) is 6.35. The molecule has 140 valence electrons. The molecule has 0 atom stereocenters. The van der Waals surface area contributed by atoms with Crippen LogP contribution in [0.5, 0.6) is 0 Å². The van der Waals surface area contributed by atoms with E-state index in [2.05, 4.69) is 50.6 Å². The van der Waals surface area contributed by atoms with Crippen LogP contribution >= 0.6 is 15.9 Å². The van der Waals surface area contributed by atoms with Crippen LogP contribution in [-0.4, -0.2) is 16.2 Å². The minimum atomic E-state index is -0.306. The molecule has 0 spiro atoms. The summed E-state index contributed by atoms with van der Waals surface area (Å²) in [4.78, 5) is 16.6. The smallest absolute Gasteiger partial charge is 0.319 e. The summed E-state index contributed by atoms with van der Waals surface area (Å²) in [6, 6.07) is 13.3. The van der Waals surface area contributed by atoms with Crippen molar-refractivity contribution in [1.82, 2.24) is 15.5 Å². The van der Waals surface area contributed by atoms with E-state index in [-0.39, 0.29) is 12.6 Å². The third-order valence-electron chi connectivity index (χ3n) is 4.11. The molecule has 0 fully saturated rings. The third-order valence-corrected chi connectivity index (χ3v) is 4.61. The van der Waals surface area contributed by atoms with Gasteiger partial charge in [0.15, 0.2) is 5.82 Å². The molecule has 27 heavy (non-hydrogen) atoms. The van der Waals surface area contributed by atoms with Gasteiger partial charge in [-0.1, -0.05) is 59.2 Å². The van der Waals surface area contributed by atoms with Crippen molar-refractivity contribution in [2.75, 3.05) is 5.32 Å². The van der Waals surface area contributed by atoms with Gasteiger partial charge in [-0.3, -0.25) is 0 Å². The zero-order valence-corrected chi connectivity index (χ0v) is 17.0. The number of aryl methyl sites for hydroxylation is 1. The Hall–Kier alpha value is -2.67. The van der Waals surface area contributed by atoms with Crippen molar-refractivity contribution in [3.05, 3.63) is 63.9 Å². The van der Waals surface area contributed by atoms with Crippen molar-refractivity contribution >= 4 is 27.6 Å². The highest BCUT2D eigenvalue weighted by Crippen LogP contribution is 2.27.